The van der Waals surface area contributed by atoms with Gasteiger partial charge in [-0.05, 0) is 47.0 Å². The minimum atomic E-state index is -1.98. The van der Waals surface area contributed by atoms with Crippen molar-refractivity contribution in [2.24, 2.45) is 0 Å². The number of rotatable bonds is 4. The minimum absolute atomic E-state index is 0.226. The van der Waals surface area contributed by atoms with Crippen molar-refractivity contribution in [1.29, 1.82) is 0 Å². The summed E-state index contributed by atoms with van der Waals surface area (Å²) < 4.78 is 4.59. The Balaban J connectivity index is 0.000000196. The normalized spacial score (nSPS) is 17.5. The van der Waals surface area contributed by atoms with Crippen molar-refractivity contribution in [3.8, 4) is 0 Å². The van der Waals surface area contributed by atoms with Gasteiger partial charge >= 0.3 is 128 Å². The van der Waals surface area contributed by atoms with Crippen LogP contribution in [0.15, 0.2) is 91.0 Å². The molecular formula is C27H33BClNSn. The molecule has 1 aliphatic heterocycles. The zero-order valence-corrected chi connectivity index (χ0v) is 22.8. The Morgan fingerprint density at radius 2 is 0.968 bits per heavy atom. The first-order valence-corrected chi connectivity index (χ1v) is 15.8. The molecule has 4 heteroatoms. The molecule has 0 atom stereocenters. The average Bonchev–Trinajstić information content (AvgIpc) is 2.76. The summed E-state index contributed by atoms with van der Waals surface area (Å²) in [6, 6.07) is 32.9. The van der Waals surface area contributed by atoms with Crippen LogP contribution in [-0.4, -0.2) is 42.5 Å². The summed E-state index contributed by atoms with van der Waals surface area (Å²) in [6.45, 7) is 10.7. The van der Waals surface area contributed by atoms with Crippen LogP contribution in [0.4, 0.5) is 0 Å². The van der Waals surface area contributed by atoms with Crippen LogP contribution in [0.2, 0.25) is 0 Å². The van der Waals surface area contributed by atoms with E-state index in [-0.39, 0.29) is 11.1 Å². The van der Waals surface area contributed by atoms with Gasteiger partial charge in [-0.25, -0.2) is 0 Å². The fraction of sp³-hybridized carbons (Fsp3) is 0.333. The van der Waals surface area contributed by atoms with Gasteiger partial charge in [0.05, 0.1) is 0 Å². The SMILES string of the molecule is CC1(C)CCCC(C)(C)N1[B]Cl.c1cc[c]([Sn]([c]2ccccc2)[c]2ccccc2)cc1. The molecule has 31 heavy (non-hydrogen) atoms. The molecule has 0 bridgehead atoms. The van der Waals surface area contributed by atoms with Crippen molar-refractivity contribution in [2.75, 3.05) is 0 Å². The topological polar surface area (TPSA) is 3.24 Å². The van der Waals surface area contributed by atoms with Crippen molar-refractivity contribution in [2.45, 2.75) is 58.0 Å². The Morgan fingerprint density at radius 1 is 0.645 bits per heavy atom. The van der Waals surface area contributed by atoms with Crippen LogP contribution in [0.25, 0.3) is 0 Å². The van der Waals surface area contributed by atoms with Crippen molar-refractivity contribution in [3.63, 3.8) is 0 Å². The summed E-state index contributed by atoms with van der Waals surface area (Å²) in [5.41, 5.74) is 0.451. The third-order valence-electron chi connectivity index (χ3n) is 6.17. The monoisotopic (exact) mass is 537 g/mol. The van der Waals surface area contributed by atoms with Gasteiger partial charge < -0.3 is 4.81 Å². The van der Waals surface area contributed by atoms with E-state index in [1.54, 1.807) is 6.83 Å². The van der Waals surface area contributed by atoms with E-state index in [1.165, 1.54) is 30.0 Å². The van der Waals surface area contributed by atoms with Crippen LogP contribution in [0.3, 0.4) is 0 Å². The molecule has 0 N–H and O–H groups in total. The molecule has 0 unspecified atom stereocenters. The summed E-state index contributed by atoms with van der Waals surface area (Å²) in [4.78, 5) is 2.28. The molecule has 0 spiro atoms. The second-order valence-electron chi connectivity index (χ2n) is 9.42. The van der Waals surface area contributed by atoms with E-state index in [4.69, 9.17) is 11.5 Å². The number of nitrogens with zero attached hydrogens (tertiary/aromatic N) is 1. The Kier molecular flexibility index (Phi) is 8.72. The molecule has 0 amide bonds. The van der Waals surface area contributed by atoms with Crippen molar-refractivity contribution >= 4 is 48.8 Å². The van der Waals surface area contributed by atoms with Crippen LogP contribution in [0.1, 0.15) is 47.0 Å². The first kappa shape index (κ1) is 24.4. The second kappa shape index (κ2) is 11.1. The number of halogens is 1. The van der Waals surface area contributed by atoms with Crippen LogP contribution in [0.5, 0.6) is 0 Å². The zero-order valence-electron chi connectivity index (χ0n) is 19.2. The predicted octanol–water partition coefficient (Wildman–Crippen LogP) is 5.01. The Morgan fingerprint density at radius 3 is 1.23 bits per heavy atom. The molecule has 1 nitrogen and oxygen atoms in total. The molecule has 1 heterocycles. The van der Waals surface area contributed by atoms with Crippen molar-refractivity contribution < 1.29 is 0 Å². The molecular weight excluding hydrogens is 503 g/mol. The summed E-state index contributed by atoms with van der Waals surface area (Å²) in [5, 5.41) is 0. The third-order valence-corrected chi connectivity index (χ3v) is 14.2. The summed E-state index contributed by atoms with van der Waals surface area (Å²) >= 11 is 3.87. The Bertz CT molecular complexity index is 806. The molecule has 2 radical (unpaired) electrons. The Labute approximate surface area is 201 Å². The number of hydrogen-bond acceptors (Lipinski definition) is 1. The average molecular weight is 537 g/mol. The van der Waals surface area contributed by atoms with E-state index in [0.717, 1.165) is 0 Å². The summed E-state index contributed by atoms with van der Waals surface area (Å²) in [7, 11) is 0. The molecule has 3 aromatic rings. The molecule has 4 rings (SSSR count). The molecule has 0 aliphatic carbocycles. The van der Waals surface area contributed by atoms with E-state index in [0.29, 0.717) is 0 Å². The van der Waals surface area contributed by atoms with Crippen molar-refractivity contribution in [3.05, 3.63) is 91.0 Å². The van der Waals surface area contributed by atoms with Crippen LogP contribution >= 0.6 is 11.5 Å². The van der Waals surface area contributed by atoms with Gasteiger partial charge in [0.1, 0.15) is 0 Å². The van der Waals surface area contributed by atoms with Gasteiger partial charge in [-0.1, -0.05) is 0 Å². The predicted molar refractivity (Wildman–Crippen MR) is 139 cm³/mol. The van der Waals surface area contributed by atoms with E-state index >= 15 is 0 Å². The molecule has 1 fully saturated rings. The van der Waals surface area contributed by atoms with Crippen LogP contribution < -0.4 is 10.7 Å². The van der Waals surface area contributed by atoms with E-state index in [2.05, 4.69) is 124 Å². The van der Waals surface area contributed by atoms with E-state index < -0.39 is 19.8 Å². The molecule has 160 valence electrons. The van der Waals surface area contributed by atoms with E-state index in [1.807, 2.05) is 0 Å². The maximum atomic E-state index is 5.85. The molecule has 0 saturated carbocycles. The maximum absolute atomic E-state index is 5.85. The van der Waals surface area contributed by atoms with E-state index in [9.17, 15) is 0 Å². The first-order chi connectivity index (χ1) is 14.8. The number of piperidine rings is 1. The van der Waals surface area contributed by atoms with Crippen LogP contribution in [-0.2, 0) is 0 Å². The standard InChI is InChI=1S/C9H18BClN.3C6H5.Sn/c1-8(2)6-5-7-9(3,4)12(8)10-11;3*1-2-4-6-5-3-1;/h5-7H2,1-4H3;3*1-5H;. The van der Waals surface area contributed by atoms with Gasteiger partial charge in [0.2, 0.25) is 0 Å². The number of benzene rings is 3. The van der Waals surface area contributed by atoms with Crippen LogP contribution in [0, 0.1) is 0 Å². The molecule has 0 aromatic heterocycles. The fourth-order valence-corrected chi connectivity index (χ4v) is 12.5. The first-order valence-electron chi connectivity index (χ1n) is 11.1. The van der Waals surface area contributed by atoms with Gasteiger partial charge in [0.25, 0.3) is 0 Å². The zero-order chi connectivity index (χ0) is 22.3. The van der Waals surface area contributed by atoms with Gasteiger partial charge in [-0.2, -0.15) is 11.5 Å². The number of hydrogen-bond donors (Lipinski definition) is 0. The third kappa shape index (κ3) is 6.40. The fourth-order valence-electron chi connectivity index (χ4n) is 4.59. The summed E-state index contributed by atoms with van der Waals surface area (Å²) in [5.74, 6) is 0. The quantitative estimate of drug-likeness (QED) is 0.424. The molecule has 1 saturated heterocycles. The summed E-state index contributed by atoms with van der Waals surface area (Å²) in [6.07, 6.45) is 3.78. The van der Waals surface area contributed by atoms with Crippen molar-refractivity contribution in [1.82, 2.24) is 4.81 Å². The van der Waals surface area contributed by atoms with Gasteiger partial charge in [0.15, 0.2) is 0 Å². The van der Waals surface area contributed by atoms with Gasteiger partial charge in [-0.15, -0.1) is 0 Å². The Hall–Kier alpha value is -1.23. The molecule has 1 aliphatic rings. The van der Waals surface area contributed by atoms with Gasteiger partial charge in [0, 0.05) is 11.1 Å². The second-order valence-corrected chi connectivity index (χ2v) is 16.7. The molecule has 3 aromatic carbocycles. The van der Waals surface area contributed by atoms with Gasteiger partial charge in [-0.3, -0.25) is 0 Å².